The van der Waals surface area contributed by atoms with Gasteiger partial charge >= 0.3 is 0 Å². The first-order valence-corrected chi connectivity index (χ1v) is 3.70. The van der Waals surface area contributed by atoms with E-state index in [9.17, 15) is 4.79 Å². The Labute approximate surface area is 67.5 Å². The summed E-state index contributed by atoms with van der Waals surface area (Å²) >= 11 is 0. The van der Waals surface area contributed by atoms with Gasteiger partial charge in [0, 0.05) is 19.3 Å². The SMILES string of the molecule is C=C(C)CCC(=O)CCC#N. The summed E-state index contributed by atoms with van der Waals surface area (Å²) in [6, 6.07) is 1.94. The van der Waals surface area contributed by atoms with Crippen molar-refractivity contribution in [3.8, 4) is 6.07 Å². The summed E-state index contributed by atoms with van der Waals surface area (Å²) in [6.45, 7) is 5.59. The quantitative estimate of drug-likeness (QED) is 0.565. The van der Waals surface area contributed by atoms with Crippen LogP contribution in [-0.2, 0) is 4.79 Å². The highest BCUT2D eigenvalue weighted by Gasteiger charge is 2.00. The third kappa shape index (κ3) is 6.79. The summed E-state index contributed by atoms with van der Waals surface area (Å²) in [5, 5.41) is 8.17. The van der Waals surface area contributed by atoms with Crippen LogP contribution in [0.4, 0.5) is 0 Å². The van der Waals surface area contributed by atoms with Gasteiger partial charge in [0.1, 0.15) is 5.78 Å². The second-order valence-electron chi connectivity index (χ2n) is 2.65. The Hall–Kier alpha value is -1.10. The molecule has 0 saturated carbocycles. The van der Waals surface area contributed by atoms with E-state index in [4.69, 9.17) is 5.26 Å². The zero-order valence-electron chi connectivity index (χ0n) is 6.89. The maximum absolute atomic E-state index is 10.9. The molecule has 0 aromatic heterocycles. The van der Waals surface area contributed by atoms with Gasteiger partial charge in [0.25, 0.3) is 0 Å². The van der Waals surface area contributed by atoms with Crippen LogP contribution in [0.25, 0.3) is 0 Å². The molecule has 0 rings (SSSR count). The molecule has 0 fully saturated rings. The van der Waals surface area contributed by atoms with E-state index in [1.54, 1.807) is 0 Å². The normalized spacial score (nSPS) is 8.73. The van der Waals surface area contributed by atoms with E-state index >= 15 is 0 Å². The molecule has 0 aliphatic carbocycles. The number of Topliss-reactive ketones (excluding diaryl/α,β-unsaturated/α-hetero) is 1. The minimum absolute atomic E-state index is 0.162. The molecule has 0 radical (unpaired) electrons. The van der Waals surface area contributed by atoms with Gasteiger partial charge in [-0.1, -0.05) is 5.57 Å². The van der Waals surface area contributed by atoms with E-state index in [0.717, 1.165) is 12.0 Å². The fraction of sp³-hybridized carbons (Fsp3) is 0.556. The molecule has 0 unspecified atom stereocenters. The number of nitriles is 1. The fourth-order valence-electron chi connectivity index (χ4n) is 0.673. The molecule has 0 N–H and O–H groups in total. The topological polar surface area (TPSA) is 40.9 Å². The summed E-state index contributed by atoms with van der Waals surface area (Å²) in [5.41, 5.74) is 1.02. The smallest absolute Gasteiger partial charge is 0.134 e. The van der Waals surface area contributed by atoms with Crippen LogP contribution < -0.4 is 0 Å². The average molecular weight is 151 g/mol. The molecule has 11 heavy (non-hydrogen) atoms. The van der Waals surface area contributed by atoms with E-state index in [1.165, 1.54) is 0 Å². The Kier molecular flexibility index (Phi) is 5.10. The predicted octanol–water partition coefficient (Wildman–Crippen LogP) is 2.22. The Morgan fingerprint density at radius 3 is 2.55 bits per heavy atom. The summed E-state index contributed by atoms with van der Waals surface area (Å²) in [7, 11) is 0. The number of nitrogens with zero attached hydrogens (tertiary/aromatic N) is 1. The summed E-state index contributed by atoms with van der Waals surface area (Å²) in [6.07, 6.45) is 2.03. The second kappa shape index (κ2) is 5.67. The van der Waals surface area contributed by atoms with Crippen LogP contribution in [0.5, 0.6) is 0 Å². The molecule has 0 aliphatic heterocycles. The maximum Gasteiger partial charge on any atom is 0.134 e. The molecule has 0 spiro atoms. The largest absolute Gasteiger partial charge is 0.300 e. The number of hydrogen-bond donors (Lipinski definition) is 0. The van der Waals surface area contributed by atoms with Crippen molar-refractivity contribution in [1.82, 2.24) is 0 Å². The van der Waals surface area contributed by atoms with E-state index in [1.807, 2.05) is 13.0 Å². The summed E-state index contributed by atoms with van der Waals surface area (Å²) < 4.78 is 0. The van der Waals surface area contributed by atoms with Gasteiger partial charge in [-0.05, 0) is 13.3 Å². The molecule has 0 aliphatic rings. The summed E-state index contributed by atoms with van der Waals surface area (Å²) in [4.78, 5) is 10.9. The highest BCUT2D eigenvalue weighted by molar-refractivity contribution is 5.78. The van der Waals surface area contributed by atoms with Crippen molar-refractivity contribution < 1.29 is 4.79 Å². The number of allylic oxidation sites excluding steroid dienone is 1. The Morgan fingerprint density at radius 2 is 2.09 bits per heavy atom. The molecule has 0 atom stereocenters. The monoisotopic (exact) mass is 151 g/mol. The van der Waals surface area contributed by atoms with Crippen molar-refractivity contribution in [3.05, 3.63) is 12.2 Å². The first-order chi connectivity index (χ1) is 5.16. The standard InChI is InChI=1S/C9H13NO/c1-8(2)5-6-9(11)4-3-7-10/h1,3-6H2,2H3. The van der Waals surface area contributed by atoms with Crippen LogP contribution in [0.15, 0.2) is 12.2 Å². The fourth-order valence-corrected chi connectivity index (χ4v) is 0.673. The molecule has 0 aromatic rings. The lowest BCUT2D eigenvalue weighted by atomic mass is 10.1. The molecule has 0 bridgehead atoms. The van der Waals surface area contributed by atoms with Crippen LogP contribution in [0, 0.1) is 11.3 Å². The average Bonchev–Trinajstić information content (AvgIpc) is 1.97. The molecule has 0 amide bonds. The highest BCUT2D eigenvalue weighted by Crippen LogP contribution is 2.03. The first kappa shape index (κ1) is 9.90. The zero-order chi connectivity index (χ0) is 8.69. The zero-order valence-corrected chi connectivity index (χ0v) is 6.89. The minimum Gasteiger partial charge on any atom is -0.300 e. The van der Waals surface area contributed by atoms with Crippen LogP contribution in [0.3, 0.4) is 0 Å². The van der Waals surface area contributed by atoms with E-state index in [2.05, 4.69) is 6.58 Å². The number of carbonyl (C=O) groups is 1. The van der Waals surface area contributed by atoms with Gasteiger partial charge in [-0.2, -0.15) is 5.26 Å². The number of hydrogen-bond acceptors (Lipinski definition) is 2. The molecular weight excluding hydrogens is 138 g/mol. The molecule has 2 heteroatoms. The van der Waals surface area contributed by atoms with E-state index in [-0.39, 0.29) is 5.78 Å². The number of rotatable bonds is 5. The van der Waals surface area contributed by atoms with Gasteiger partial charge in [0.05, 0.1) is 6.07 Å². The number of ketones is 1. The molecule has 2 nitrogen and oxygen atoms in total. The van der Waals surface area contributed by atoms with Gasteiger partial charge in [-0.25, -0.2) is 0 Å². The van der Waals surface area contributed by atoms with Crippen LogP contribution in [-0.4, -0.2) is 5.78 Å². The second-order valence-corrected chi connectivity index (χ2v) is 2.65. The molecule has 60 valence electrons. The molecular formula is C9H13NO. The predicted molar refractivity (Wildman–Crippen MR) is 43.9 cm³/mol. The Morgan fingerprint density at radius 1 is 1.45 bits per heavy atom. The third-order valence-corrected chi connectivity index (χ3v) is 1.35. The van der Waals surface area contributed by atoms with Gasteiger partial charge in [-0.3, -0.25) is 4.79 Å². The Bertz CT molecular complexity index is 188. The van der Waals surface area contributed by atoms with Crippen molar-refractivity contribution >= 4 is 5.78 Å². The van der Waals surface area contributed by atoms with Crippen molar-refractivity contribution in [2.24, 2.45) is 0 Å². The van der Waals surface area contributed by atoms with Crippen LogP contribution in [0.1, 0.15) is 32.6 Å². The molecule has 0 saturated heterocycles. The van der Waals surface area contributed by atoms with E-state index < -0.39 is 0 Å². The van der Waals surface area contributed by atoms with Crippen LogP contribution >= 0.6 is 0 Å². The van der Waals surface area contributed by atoms with Crippen molar-refractivity contribution in [2.45, 2.75) is 32.6 Å². The lowest BCUT2D eigenvalue weighted by Crippen LogP contribution is -1.96. The lowest BCUT2D eigenvalue weighted by molar-refractivity contribution is -0.118. The molecule has 0 aromatic carbocycles. The van der Waals surface area contributed by atoms with Gasteiger partial charge in [0.2, 0.25) is 0 Å². The van der Waals surface area contributed by atoms with Crippen LogP contribution in [0.2, 0.25) is 0 Å². The maximum atomic E-state index is 10.9. The summed E-state index contributed by atoms with van der Waals surface area (Å²) in [5.74, 6) is 0.162. The minimum atomic E-state index is 0.162. The van der Waals surface area contributed by atoms with Crippen molar-refractivity contribution in [2.75, 3.05) is 0 Å². The first-order valence-electron chi connectivity index (χ1n) is 3.70. The molecule has 0 heterocycles. The van der Waals surface area contributed by atoms with E-state index in [0.29, 0.717) is 19.3 Å². The van der Waals surface area contributed by atoms with Crippen molar-refractivity contribution in [1.29, 1.82) is 5.26 Å². The van der Waals surface area contributed by atoms with Gasteiger partial charge in [0.15, 0.2) is 0 Å². The van der Waals surface area contributed by atoms with Crippen molar-refractivity contribution in [3.63, 3.8) is 0 Å². The third-order valence-electron chi connectivity index (χ3n) is 1.35. The van der Waals surface area contributed by atoms with Gasteiger partial charge in [-0.15, -0.1) is 6.58 Å². The highest BCUT2D eigenvalue weighted by atomic mass is 16.1. The Balaban J connectivity index is 3.39. The number of carbonyl (C=O) groups excluding carboxylic acids is 1. The van der Waals surface area contributed by atoms with Gasteiger partial charge < -0.3 is 0 Å². The lowest BCUT2D eigenvalue weighted by Gasteiger charge is -1.96.